The maximum absolute atomic E-state index is 12.0. The number of hydrogen-bond donors (Lipinski definition) is 3. The molecule has 7 nitrogen and oxygen atoms in total. The number of aromatic amines is 1. The molecule has 0 saturated carbocycles. The van der Waals surface area contributed by atoms with Crippen molar-refractivity contribution >= 4 is 11.6 Å². The summed E-state index contributed by atoms with van der Waals surface area (Å²) in [5, 5.41) is 13.6. The lowest BCUT2D eigenvalue weighted by molar-refractivity contribution is 0.0942. The van der Waals surface area contributed by atoms with Crippen LogP contribution in [0.15, 0.2) is 6.20 Å². The number of nitrogens with zero attached hydrogens (tertiary/aromatic N) is 3. The van der Waals surface area contributed by atoms with Crippen LogP contribution >= 0.6 is 0 Å². The quantitative estimate of drug-likeness (QED) is 0.725. The van der Waals surface area contributed by atoms with Gasteiger partial charge < -0.3 is 11.1 Å². The summed E-state index contributed by atoms with van der Waals surface area (Å²) in [7, 11) is 1.70. The number of anilines is 1. The highest BCUT2D eigenvalue weighted by Crippen LogP contribution is 2.15. The van der Waals surface area contributed by atoms with Gasteiger partial charge in [0.05, 0.1) is 17.6 Å². The first-order valence-electron chi connectivity index (χ1n) is 5.56. The zero-order valence-corrected chi connectivity index (χ0v) is 10.6. The fourth-order valence-corrected chi connectivity index (χ4v) is 1.76. The second-order valence-electron chi connectivity index (χ2n) is 4.17. The van der Waals surface area contributed by atoms with Crippen molar-refractivity contribution in [3.63, 3.8) is 0 Å². The highest BCUT2D eigenvalue weighted by molar-refractivity contribution is 5.97. The van der Waals surface area contributed by atoms with Gasteiger partial charge in [-0.1, -0.05) is 0 Å². The Kier molecular flexibility index (Phi) is 3.05. The number of nitrogens with one attached hydrogen (secondary N) is 2. The van der Waals surface area contributed by atoms with Gasteiger partial charge in [-0.25, -0.2) is 0 Å². The molecule has 0 aliphatic carbocycles. The minimum Gasteiger partial charge on any atom is -0.395 e. The van der Waals surface area contributed by atoms with Crippen LogP contribution in [0.4, 0.5) is 5.69 Å². The number of aromatic nitrogens is 4. The zero-order chi connectivity index (χ0) is 13.3. The highest BCUT2D eigenvalue weighted by Gasteiger charge is 2.17. The molecule has 0 spiro atoms. The number of aryl methyl sites for hydroxylation is 3. The van der Waals surface area contributed by atoms with Crippen molar-refractivity contribution in [3.05, 3.63) is 28.8 Å². The molecule has 1 amide bonds. The Bertz CT molecular complexity index is 582. The smallest absolute Gasteiger partial charge is 0.271 e. The third kappa shape index (κ3) is 2.06. The monoisotopic (exact) mass is 248 g/mol. The molecule has 4 N–H and O–H groups in total. The van der Waals surface area contributed by atoms with Gasteiger partial charge in [-0.15, -0.1) is 0 Å². The third-order valence-electron chi connectivity index (χ3n) is 2.86. The largest absolute Gasteiger partial charge is 0.395 e. The van der Waals surface area contributed by atoms with E-state index in [0.717, 1.165) is 11.3 Å². The summed E-state index contributed by atoms with van der Waals surface area (Å²) in [4.78, 5) is 12.0. The molecule has 96 valence electrons. The molecular weight excluding hydrogens is 232 g/mol. The minimum atomic E-state index is -0.240. The van der Waals surface area contributed by atoms with Crippen molar-refractivity contribution in [2.24, 2.45) is 7.05 Å². The molecule has 0 bridgehead atoms. The van der Waals surface area contributed by atoms with Gasteiger partial charge in [-0.3, -0.25) is 14.6 Å². The van der Waals surface area contributed by atoms with Gasteiger partial charge in [0.15, 0.2) is 0 Å². The van der Waals surface area contributed by atoms with Crippen LogP contribution in [0, 0.1) is 13.8 Å². The number of hydrogen-bond acceptors (Lipinski definition) is 4. The topological polar surface area (TPSA) is 102 Å². The molecule has 0 unspecified atom stereocenters. The van der Waals surface area contributed by atoms with Gasteiger partial charge in [-0.05, 0) is 13.8 Å². The van der Waals surface area contributed by atoms with Crippen LogP contribution in [0.2, 0.25) is 0 Å². The van der Waals surface area contributed by atoms with Crippen molar-refractivity contribution < 1.29 is 4.79 Å². The predicted molar refractivity (Wildman–Crippen MR) is 66.9 cm³/mol. The SMILES string of the molecule is Cc1nn(C)c(C(=O)NCc2cn[nH]c2C)c1N. The van der Waals surface area contributed by atoms with E-state index >= 15 is 0 Å². The maximum Gasteiger partial charge on any atom is 0.271 e. The van der Waals surface area contributed by atoms with E-state index < -0.39 is 0 Å². The highest BCUT2D eigenvalue weighted by atomic mass is 16.2. The fourth-order valence-electron chi connectivity index (χ4n) is 1.76. The number of carbonyl (C=O) groups excluding carboxylic acids is 1. The van der Waals surface area contributed by atoms with E-state index in [0.29, 0.717) is 23.6 Å². The van der Waals surface area contributed by atoms with E-state index in [4.69, 9.17) is 5.73 Å². The lowest BCUT2D eigenvalue weighted by atomic mass is 10.2. The second kappa shape index (κ2) is 4.52. The number of rotatable bonds is 3. The average molecular weight is 248 g/mol. The van der Waals surface area contributed by atoms with Crippen LogP contribution in [0.5, 0.6) is 0 Å². The summed E-state index contributed by atoms with van der Waals surface area (Å²) in [5.41, 5.74) is 9.15. The first kappa shape index (κ1) is 12.2. The molecule has 18 heavy (non-hydrogen) atoms. The third-order valence-corrected chi connectivity index (χ3v) is 2.86. The normalized spacial score (nSPS) is 10.6. The summed E-state index contributed by atoms with van der Waals surface area (Å²) >= 11 is 0. The lowest BCUT2D eigenvalue weighted by Crippen LogP contribution is -2.26. The molecule has 0 aliphatic rings. The Morgan fingerprint density at radius 2 is 2.28 bits per heavy atom. The van der Waals surface area contributed by atoms with Crippen LogP contribution in [-0.4, -0.2) is 25.9 Å². The Hall–Kier alpha value is -2.31. The van der Waals surface area contributed by atoms with Crippen LogP contribution in [0.25, 0.3) is 0 Å². The Morgan fingerprint density at radius 3 is 2.78 bits per heavy atom. The van der Waals surface area contributed by atoms with E-state index in [1.165, 1.54) is 4.68 Å². The van der Waals surface area contributed by atoms with Gasteiger partial charge in [0.25, 0.3) is 5.91 Å². The molecule has 2 aromatic rings. The first-order valence-corrected chi connectivity index (χ1v) is 5.56. The van der Waals surface area contributed by atoms with Crippen LogP contribution in [0.3, 0.4) is 0 Å². The van der Waals surface area contributed by atoms with E-state index in [1.54, 1.807) is 20.2 Å². The standard InChI is InChI=1S/C11H16N6O/c1-6-8(5-14-15-6)4-13-11(18)10-9(12)7(2)16-17(10)3/h5H,4,12H2,1-3H3,(H,13,18)(H,14,15). The first-order chi connectivity index (χ1) is 8.50. The van der Waals surface area contributed by atoms with Gasteiger partial charge in [0, 0.05) is 24.8 Å². The molecule has 7 heteroatoms. The molecule has 0 aliphatic heterocycles. The van der Waals surface area contributed by atoms with Gasteiger partial charge >= 0.3 is 0 Å². The molecule has 2 aromatic heterocycles. The van der Waals surface area contributed by atoms with Crippen molar-refractivity contribution in [2.75, 3.05) is 5.73 Å². The minimum absolute atomic E-state index is 0.240. The van der Waals surface area contributed by atoms with E-state index in [2.05, 4.69) is 20.6 Å². The predicted octanol–water partition coefficient (Wildman–Crippen LogP) is 0.272. The number of carbonyl (C=O) groups is 1. The average Bonchev–Trinajstić information content (AvgIpc) is 2.81. The van der Waals surface area contributed by atoms with Crippen molar-refractivity contribution in [1.29, 1.82) is 0 Å². The van der Waals surface area contributed by atoms with Crippen LogP contribution in [-0.2, 0) is 13.6 Å². The van der Waals surface area contributed by atoms with Crippen LogP contribution in [0.1, 0.15) is 27.4 Å². The van der Waals surface area contributed by atoms with E-state index in [-0.39, 0.29) is 5.91 Å². The number of nitrogens with two attached hydrogens (primary N) is 1. The molecule has 2 rings (SSSR count). The van der Waals surface area contributed by atoms with Crippen molar-refractivity contribution in [3.8, 4) is 0 Å². The zero-order valence-electron chi connectivity index (χ0n) is 10.6. The van der Waals surface area contributed by atoms with E-state index in [9.17, 15) is 4.79 Å². The number of amides is 1. The van der Waals surface area contributed by atoms with Crippen molar-refractivity contribution in [2.45, 2.75) is 20.4 Å². The summed E-state index contributed by atoms with van der Waals surface area (Å²) < 4.78 is 1.49. The fraction of sp³-hybridized carbons (Fsp3) is 0.364. The summed E-state index contributed by atoms with van der Waals surface area (Å²) in [6, 6.07) is 0. The number of H-pyrrole nitrogens is 1. The second-order valence-corrected chi connectivity index (χ2v) is 4.17. The summed E-state index contributed by atoms with van der Waals surface area (Å²) in [6.07, 6.45) is 1.69. The van der Waals surface area contributed by atoms with Crippen molar-refractivity contribution in [1.82, 2.24) is 25.3 Å². The summed E-state index contributed by atoms with van der Waals surface area (Å²) in [6.45, 7) is 4.08. The van der Waals surface area contributed by atoms with Gasteiger partial charge in [-0.2, -0.15) is 10.2 Å². The Labute approximate surface area is 104 Å². The molecule has 0 radical (unpaired) electrons. The van der Waals surface area contributed by atoms with E-state index in [1.807, 2.05) is 6.92 Å². The maximum atomic E-state index is 12.0. The molecule has 0 fully saturated rings. The summed E-state index contributed by atoms with van der Waals surface area (Å²) in [5.74, 6) is -0.240. The molecule has 0 aromatic carbocycles. The van der Waals surface area contributed by atoms with Gasteiger partial charge in [0.2, 0.25) is 0 Å². The number of nitrogen functional groups attached to an aromatic ring is 1. The Morgan fingerprint density at radius 1 is 1.56 bits per heavy atom. The molecule has 2 heterocycles. The lowest BCUT2D eigenvalue weighted by Gasteiger charge is -2.05. The van der Waals surface area contributed by atoms with Gasteiger partial charge in [0.1, 0.15) is 5.69 Å². The molecule has 0 atom stereocenters. The molecular formula is C11H16N6O. The molecule has 0 saturated heterocycles. The Balaban J connectivity index is 2.11. The van der Waals surface area contributed by atoms with Crippen LogP contribution < -0.4 is 11.1 Å².